The van der Waals surface area contributed by atoms with Crippen molar-refractivity contribution >= 4 is 0 Å². The fourth-order valence-electron chi connectivity index (χ4n) is 2.09. The second kappa shape index (κ2) is 4.64. The van der Waals surface area contributed by atoms with Crippen molar-refractivity contribution in [3.05, 3.63) is 28.8 Å². The first-order valence-corrected chi connectivity index (χ1v) is 5.76. The van der Waals surface area contributed by atoms with Crippen molar-refractivity contribution in [2.24, 2.45) is 5.73 Å². The highest BCUT2D eigenvalue weighted by Crippen LogP contribution is 2.37. The summed E-state index contributed by atoms with van der Waals surface area (Å²) < 4.78 is 16.8. The van der Waals surface area contributed by atoms with Gasteiger partial charge in [0.05, 0.1) is 32.4 Å². The van der Waals surface area contributed by atoms with Gasteiger partial charge in [-0.15, -0.1) is 0 Å². The molecule has 0 atom stereocenters. The molecule has 4 heteroatoms. The maximum atomic E-state index is 5.81. The molecule has 1 fully saturated rings. The topological polar surface area (TPSA) is 53.7 Å². The summed E-state index contributed by atoms with van der Waals surface area (Å²) in [7, 11) is 1.65. The van der Waals surface area contributed by atoms with Gasteiger partial charge in [0.25, 0.3) is 0 Å². The molecule has 4 nitrogen and oxygen atoms in total. The highest BCUT2D eigenvalue weighted by atomic mass is 16.7. The van der Waals surface area contributed by atoms with Crippen LogP contribution >= 0.6 is 0 Å². The van der Waals surface area contributed by atoms with Crippen molar-refractivity contribution in [1.82, 2.24) is 0 Å². The lowest BCUT2D eigenvalue weighted by atomic mass is 9.98. The van der Waals surface area contributed by atoms with E-state index in [-0.39, 0.29) is 6.54 Å². The van der Waals surface area contributed by atoms with E-state index in [4.69, 9.17) is 19.9 Å². The van der Waals surface area contributed by atoms with E-state index in [1.807, 2.05) is 19.1 Å². The fourth-order valence-corrected chi connectivity index (χ4v) is 2.09. The van der Waals surface area contributed by atoms with Gasteiger partial charge in [-0.25, -0.2) is 0 Å². The van der Waals surface area contributed by atoms with Crippen LogP contribution < -0.4 is 10.5 Å². The first kappa shape index (κ1) is 12.4. The van der Waals surface area contributed by atoms with Gasteiger partial charge in [0.1, 0.15) is 5.75 Å². The molecule has 17 heavy (non-hydrogen) atoms. The smallest absolute Gasteiger partial charge is 0.211 e. The van der Waals surface area contributed by atoms with Crippen LogP contribution in [0.1, 0.15) is 16.7 Å². The molecule has 1 aromatic rings. The van der Waals surface area contributed by atoms with Crippen LogP contribution in [0.2, 0.25) is 0 Å². The molecule has 94 valence electrons. The zero-order valence-electron chi connectivity index (χ0n) is 10.6. The third-order valence-electron chi connectivity index (χ3n) is 3.25. The summed E-state index contributed by atoms with van der Waals surface area (Å²) in [6.07, 6.45) is 0. The molecule has 1 aromatic carbocycles. The molecule has 1 aliphatic rings. The van der Waals surface area contributed by atoms with Crippen LogP contribution in [0, 0.1) is 13.8 Å². The van der Waals surface area contributed by atoms with Gasteiger partial charge in [-0.2, -0.15) is 0 Å². The van der Waals surface area contributed by atoms with Gasteiger partial charge in [0, 0.05) is 0 Å². The van der Waals surface area contributed by atoms with Gasteiger partial charge in [-0.1, -0.05) is 0 Å². The van der Waals surface area contributed by atoms with Crippen LogP contribution in [-0.4, -0.2) is 26.9 Å². The first-order chi connectivity index (χ1) is 8.13. The number of ether oxygens (including phenoxy) is 3. The van der Waals surface area contributed by atoms with Crippen molar-refractivity contribution < 1.29 is 14.2 Å². The monoisotopic (exact) mass is 237 g/mol. The van der Waals surface area contributed by atoms with Gasteiger partial charge < -0.3 is 19.9 Å². The molecule has 2 N–H and O–H groups in total. The average molecular weight is 237 g/mol. The molecule has 0 bridgehead atoms. The highest BCUT2D eigenvalue weighted by molar-refractivity contribution is 5.44. The Morgan fingerprint density at radius 2 is 1.82 bits per heavy atom. The lowest BCUT2D eigenvalue weighted by Gasteiger charge is -2.28. The summed E-state index contributed by atoms with van der Waals surface area (Å²) in [4.78, 5) is 0. The average Bonchev–Trinajstić information content (AvgIpc) is 2.82. The number of benzene rings is 1. The fraction of sp³-hybridized carbons (Fsp3) is 0.538. The molecule has 0 amide bonds. The van der Waals surface area contributed by atoms with Crippen molar-refractivity contribution in [1.29, 1.82) is 0 Å². The number of aryl methyl sites for hydroxylation is 2. The summed E-state index contributed by atoms with van der Waals surface area (Å²) in [6.45, 7) is 5.51. The molecule has 1 aliphatic heterocycles. The molecule has 0 spiro atoms. The highest BCUT2D eigenvalue weighted by Gasteiger charge is 2.39. The quantitative estimate of drug-likeness (QED) is 0.865. The summed E-state index contributed by atoms with van der Waals surface area (Å²) in [5, 5.41) is 0. The Balaban J connectivity index is 2.52. The Morgan fingerprint density at radius 1 is 1.24 bits per heavy atom. The van der Waals surface area contributed by atoms with Gasteiger partial charge in [-0.3, -0.25) is 0 Å². The van der Waals surface area contributed by atoms with Crippen LogP contribution in [0.5, 0.6) is 5.75 Å². The molecule has 0 unspecified atom stereocenters. The summed E-state index contributed by atoms with van der Waals surface area (Å²) >= 11 is 0. The van der Waals surface area contributed by atoms with E-state index in [0.29, 0.717) is 13.2 Å². The zero-order chi connectivity index (χ0) is 12.5. The van der Waals surface area contributed by atoms with Crippen LogP contribution in [0.3, 0.4) is 0 Å². The van der Waals surface area contributed by atoms with Crippen molar-refractivity contribution in [3.8, 4) is 5.75 Å². The molecular formula is C13H19NO3. The third kappa shape index (κ3) is 2.04. The van der Waals surface area contributed by atoms with Crippen LogP contribution in [-0.2, 0) is 15.3 Å². The van der Waals surface area contributed by atoms with Gasteiger partial charge in [0.2, 0.25) is 5.79 Å². The summed E-state index contributed by atoms with van der Waals surface area (Å²) in [5.41, 5.74) is 9.04. The lowest BCUT2D eigenvalue weighted by Crippen LogP contribution is -2.36. The number of hydrogen-bond donors (Lipinski definition) is 1. The molecule has 1 saturated heterocycles. The summed E-state index contributed by atoms with van der Waals surface area (Å²) in [6, 6.07) is 4.03. The largest absolute Gasteiger partial charge is 0.496 e. The van der Waals surface area contributed by atoms with Crippen molar-refractivity contribution in [3.63, 3.8) is 0 Å². The van der Waals surface area contributed by atoms with Crippen molar-refractivity contribution in [2.75, 3.05) is 26.9 Å². The molecule has 0 aliphatic carbocycles. The minimum Gasteiger partial charge on any atom is -0.496 e. The van der Waals surface area contributed by atoms with Gasteiger partial charge in [0.15, 0.2) is 0 Å². The Bertz CT molecular complexity index is 411. The SMILES string of the molecule is COc1cc(C)c(C)cc1C1(CN)OCCO1. The molecule has 0 saturated carbocycles. The third-order valence-corrected chi connectivity index (χ3v) is 3.25. The minimum atomic E-state index is -0.843. The van der Waals surface area contributed by atoms with E-state index >= 15 is 0 Å². The second-order valence-corrected chi connectivity index (χ2v) is 4.29. The maximum Gasteiger partial charge on any atom is 0.211 e. The predicted octanol–water partition coefficient (Wildman–Crippen LogP) is 1.47. The number of rotatable bonds is 3. The molecule has 2 rings (SSSR count). The van der Waals surface area contributed by atoms with Crippen LogP contribution in [0.25, 0.3) is 0 Å². The predicted molar refractivity (Wildman–Crippen MR) is 65.1 cm³/mol. The van der Waals surface area contributed by atoms with E-state index in [0.717, 1.165) is 11.3 Å². The second-order valence-electron chi connectivity index (χ2n) is 4.29. The van der Waals surface area contributed by atoms with E-state index in [2.05, 4.69) is 6.92 Å². The Morgan fingerprint density at radius 3 is 2.35 bits per heavy atom. The zero-order valence-corrected chi connectivity index (χ0v) is 10.6. The van der Waals surface area contributed by atoms with E-state index in [1.54, 1.807) is 7.11 Å². The Hall–Kier alpha value is -1.10. The molecule has 0 aromatic heterocycles. The van der Waals surface area contributed by atoms with E-state index in [9.17, 15) is 0 Å². The number of methoxy groups -OCH3 is 1. The lowest BCUT2D eigenvalue weighted by molar-refractivity contribution is -0.157. The first-order valence-electron chi connectivity index (χ1n) is 5.76. The molecule has 1 heterocycles. The Kier molecular flexibility index (Phi) is 3.38. The Labute approximate surface area is 102 Å². The molecule has 0 radical (unpaired) electrons. The standard InChI is InChI=1S/C13H19NO3/c1-9-6-11(12(15-3)7-10(9)2)13(8-14)16-4-5-17-13/h6-7H,4-5,8,14H2,1-3H3. The van der Waals surface area contributed by atoms with Crippen LogP contribution in [0.15, 0.2) is 12.1 Å². The number of nitrogens with two attached hydrogens (primary N) is 1. The summed E-state index contributed by atoms with van der Waals surface area (Å²) in [5.74, 6) is -0.0791. The minimum absolute atomic E-state index is 0.284. The van der Waals surface area contributed by atoms with Gasteiger partial charge >= 0.3 is 0 Å². The van der Waals surface area contributed by atoms with E-state index in [1.165, 1.54) is 11.1 Å². The number of hydrogen-bond acceptors (Lipinski definition) is 4. The van der Waals surface area contributed by atoms with Gasteiger partial charge in [-0.05, 0) is 37.1 Å². The van der Waals surface area contributed by atoms with E-state index < -0.39 is 5.79 Å². The molecular weight excluding hydrogens is 218 g/mol. The maximum absolute atomic E-state index is 5.81. The van der Waals surface area contributed by atoms with Crippen molar-refractivity contribution in [2.45, 2.75) is 19.6 Å². The van der Waals surface area contributed by atoms with Crippen LogP contribution in [0.4, 0.5) is 0 Å². The normalized spacial score (nSPS) is 18.4.